The van der Waals surface area contributed by atoms with Crippen molar-refractivity contribution in [3.05, 3.63) is 47.5 Å². The lowest BCUT2D eigenvalue weighted by Crippen LogP contribution is -2.19. The van der Waals surface area contributed by atoms with E-state index in [9.17, 15) is 4.79 Å². The van der Waals surface area contributed by atoms with Crippen LogP contribution in [0.3, 0.4) is 0 Å². The summed E-state index contributed by atoms with van der Waals surface area (Å²) in [5.41, 5.74) is 1.13. The van der Waals surface area contributed by atoms with Gasteiger partial charge in [-0.25, -0.2) is 4.98 Å². The number of aromatic amines is 1. The molecule has 1 amide bonds. The molecule has 0 saturated carbocycles. The minimum Gasteiger partial charge on any atom is -0.352 e. The Morgan fingerprint density at radius 3 is 2.71 bits per heavy atom. The predicted octanol–water partition coefficient (Wildman–Crippen LogP) is 1.32. The first-order valence-electron chi connectivity index (χ1n) is 5.41. The number of nitrogens with one attached hydrogen (secondary N) is 2. The van der Waals surface area contributed by atoms with Gasteiger partial charge in [0.15, 0.2) is 0 Å². The fourth-order valence-electron chi connectivity index (χ4n) is 1.58. The number of hydrogen-bond acceptors (Lipinski definition) is 3. The molecule has 0 bridgehead atoms. The summed E-state index contributed by atoms with van der Waals surface area (Å²) in [6, 6.07) is 9.95. The van der Waals surface area contributed by atoms with E-state index in [1.165, 1.54) is 0 Å². The Bertz CT molecular complexity index is 506. The summed E-state index contributed by atoms with van der Waals surface area (Å²) in [5.74, 6) is 0.662. The minimum absolute atomic E-state index is 0.0853. The van der Waals surface area contributed by atoms with E-state index in [1.54, 1.807) is 7.05 Å². The first-order chi connectivity index (χ1) is 8.22. The number of carbonyl (C=O) groups is 1. The number of H-pyrrole nitrogens is 1. The summed E-state index contributed by atoms with van der Waals surface area (Å²) in [5, 5.41) is 9.17. The van der Waals surface area contributed by atoms with Gasteiger partial charge in [-0.15, -0.1) is 5.10 Å². The zero-order valence-corrected chi connectivity index (χ0v) is 9.77. The summed E-state index contributed by atoms with van der Waals surface area (Å²) < 4.78 is 0. The molecular weight excluding hydrogens is 216 g/mol. The van der Waals surface area contributed by atoms with E-state index in [-0.39, 0.29) is 17.6 Å². The molecule has 0 aliphatic carbocycles. The third-order valence-corrected chi connectivity index (χ3v) is 2.64. The first kappa shape index (κ1) is 11.3. The number of nitrogens with zero attached hydrogens (tertiary/aromatic N) is 2. The Balaban J connectivity index is 2.23. The third kappa shape index (κ3) is 2.33. The molecule has 1 atom stereocenters. The molecular formula is C12H14N4O. The van der Waals surface area contributed by atoms with Crippen LogP contribution in [0.1, 0.15) is 34.8 Å². The molecule has 0 spiro atoms. The van der Waals surface area contributed by atoms with Crippen molar-refractivity contribution in [1.29, 1.82) is 0 Å². The highest BCUT2D eigenvalue weighted by Crippen LogP contribution is 2.20. The molecule has 1 aromatic carbocycles. The van der Waals surface area contributed by atoms with Gasteiger partial charge < -0.3 is 5.32 Å². The third-order valence-electron chi connectivity index (χ3n) is 2.64. The highest BCUT2D eigenvalue weighted by atomic mass is 16.2. The molecule has 17 heavy (non-hydrogen) atoms. The zero-order chi connectivity index (χ0) is 12.3. The van der Waals surface area contributed by atoms with Gasteiger partial charge in [0.25, 0.3) is 5.91 Å². The molecule has 5 heteroatoms. The van der Waals surface area contributed by atoms with Gasteiger partial charge >= 0.3 is 0 Å². The van der Waals surface area contributed by atoms with Gasteiger partial charge in [-0.2, -0.15) is 0 Å². The van der Waals surface area contributed by atoms with Crippen LogP contribution in [-0.2, 0) is 0 Å². The topological polar surface area (TPSA) is 70.7 Å². The van der Waals surface area contributed by atoms with Crippen molar-refractivity contribution in [3.63, 3.8) is 0 Å². The average molecular weight is 230 g/mol. The molecule has 2 aromatic rings. The van der Waals surface area contributed by atoms with Crippen molar-refractivity contribution in [3.8, 4) is 0 Å². The molecule has 0 fully saturated rings. The fourth-order valence-corrected chi connectivity index (χ4v) is 1.58. The van der Waals surface area contributed by atoms with Crippen LogP contribution in [0.15, 0.2) is 30.3 Å². The smallest absolute Gasteiger partial charge is 0.290 e. The number of rotatable bonds is 3. The van der Waals surface area contributed by atoms with Crippen LogP contribution in [0.25, 0.3) is 0 Å². The second kappa shape index (κ2) is 4.78. The number of benzene rings is 1. The van der Waals surface area contributed by atoms with E-state index in [4.69, 9.17) is 0 Å². The first-order valence-corrected chi connectivity index (χ1v) is 5.41. The Morgan fingerprint density at radius 1 is 1.35 bits per heavy atom. The largest absolute Gasteiger partial charge is 0.352 e. The van der Waals surface area contributed by atoms with Crippen LogP contribution in [0.5, 0.6) is 0 Å². The Hall–Kier alpha value is -2.17. The number of hydrogen-bond donors (Lipinski definition) is 2. The molecule has 1 heterocycles. The van der Waals surface area contributed by atoms with E-state index in [0.717, 1.165) is 5.56 Å². The van der Waals surface area contributed by atoms with Gasteiger partial charge in [-0.1, -0.05) is 37.3 Å². The summed E-state index contributed by atoms with van der Waals surface area (Å²) >= 11 is 0. The highest BCUT2D eigenvalue weighted by Gasteiger charge is 2.15. The lowest BCUT2D eigenvalue weighted by molar-refractivity contribution is 0.0953. The molecule has 2 N–H and O–H groups in total. The average Bonchev–Trinajstić information content (AvgIpc) is 2.87. The lowest BCUT2D eigenvalue weighted by Gasteiger charge is -2.07. The Morgan fingerprint density at radius 2 is 2.06 bits per heavy atom. The molecule has 0 radical (unpaired) electrons. The van der Waals surface area contributed by atoms with Gasteiger partial charge in [0.2, 0.25) is 5.82 Å². The lowest BCUT2D eigenvalue weighted by atomic mass is 10.0. The molecule has 2 rings (SSSR count). The maximum absolute atomic E-state index is 11.3. The van der Waals surface area contributed by atoms with Crippen molar-refractivity contribution in [2.75, 3.05) is 7.05 Å². The van der Waals surface area contributed by atoms with E-state index in [0.29, 0.717) is 5.82 Å². The quantitative estimate of drug-likeness (QED) is 0.835. The second-order valence-electron chi connectivity index (χ2n) is 3.76. The normalized spacial score (nSPS) is 12.1. The molecule has 1 aromatic heterocycles. The van der Waals surface area contributed by atoms with Crippen LogP contribution in [0.2, 0.25) is 0 Å². The molecule has 0 aliphatic heterocycles. The van der Waals surface area contributed by atoms with E-state index < -0.39 is 0 Å². The summed E-state index contributed by atoms with van der Waals surface area (Å²) in [6.45, 7) is 2.02. The van der Waals surface area contributed by atoms with Crippen molar-refractivity contribution < 1.29 is 4.79 Å². The fraction of sp³-hybridized carbons (Fsp3) is 0.250. The monoisotopic (exact) mass is 230 g/mol. The van der Waals surface area contributed by atoms with Crippen LogP contribution in [0, 0.1) is 0 Å². The van der Waals surface area contributed by atoms with Gasteiger partial charge in [0.05, 0.1) is 0 Å². The van der Waals surface area contributed by atoms with Crippen molar-refractivity contribution in [2.45, 2.75) is 12.8 Å². The molecule has 0 aliphatic rings. The SMILES string of the molecule is CNC(=O)c1n[nH]c(C(C)c2ccccc2)n1. The predicted molar refractivity (Wildman–Crippen MR) is 63.7 cm³/mol. The number of amides is 1. The van der Waals surface area contributed by atoms with Gasteiger partial charge in [-0.3, -0.25) is 9.89 Å². The van der Waals surface area contributed by atoms with E-state index >= 15 is 0 Å². The van der Waals surface area contributed by atoms with Gasteiger partial charge in [-0.05, 0) is 5.56 Å². The summed E-state index contributed by atoms with van der Waals surface area (Å²) in [7, 11) is 1.55. The van der Waals surface area contributed by atoms with Crippen LogP contribution >= 0.6 is 0 Å². The Kier molecular flexibility index (Phi) is 3.18. The van der Waals surface area contributed by atoms with Gasteiger partial charge in [0.1, 0.15) is 5.82 Å². The van der Waals surface area contributed by atoms with E-state index in [1.807, 2.05) is 37.3 Å². The van der Waals surface area contributed by atoms with Crippen molar-refractivity contribution in [2.24, 2.45) is 0 Å². The van der Waals surface area contributed by atoms with Crippen LogP contribution < -0.4 is 5.32 Å². The molecule has 5 nitrogen and oxygen atoms in total. The minimum atomic E-state index is -0.284. The molecule has 88 valence electrons. The standard InChI is InChI=1S/C12H14N4O/c1-8(9-6-4-3-5-7-9)10-14-11(16-15-10)12(17)13-2/h3-8H,1-2H3,(H,13,17)(H,14,15,16). The number of aromatic nitrogens is 3. The second-order valence-corrected chi connectivity index (χ2v) is 3.76. The molecule has 1 unspecified atom stereocenters. The van der Waals surface area contributed by atoms with Crippen molar-refractivity contribution in [1.82, 2.24) is 20.5 Å². The molecule has 0 saturated heterocycles. The van der Waals surface area contributed by atoms with E-state index in [2.05, 4.69) is 20.5 Å². The highest BCUT2D eigenvalue weighted by molar-refractivity contribution is 5.90. The van der Waals surface area contributed by atoms with Crippen LogP contribution in [-0.4, -0.2) is 28.1 Å². The summed E-state index contributed by atoms with van der Waals surface area (Å²) in [4.78, 5) is 15.5. The number of carbonyl (C=O) groups excluding carboxylic acids is 1. The van der Waals surface area contributed by atoms with Crippen molar-refractivity contribution >= 4 is 5.91 Å². The van der Waals surface area contributed by atoms with Gasteiger partial charge in [0, 0.05) is 13.0 Å². The maximum atomic E-state index is 11.3. The Labute approximate surface area is 99.3 Å². The summed E-state index contributed by atoms with van der Waals surface area (Å²) in [6.07, 6.45) is 0. The maximum Gasteiger partial charge on any atom is 0.290 e. The zero-order valence-electron chi connectivity index (χ0n) is 9.77. The van der Waals surface area contributed by atoms with Crippen LogP contribution in [0.4, 0.5) is 0 Å².